The van der Waals surface area contributed by atoms with Gasteiger partial charge in [-0.05, 0) is 0 Å². The van der Waals surface area contributed by atoms with Crippen LogP contribution in [-0.4, -0.2) is 43.0 Å². The summed E-state index contributed by atoms with van der Waals surface area (Å²) in [7, 11) is -3.90. The molecule has 2 N–H and O–H groups in total. The maximum atomic E-state index is 10.2. The van der Waals surface area contributed by atoms with E-state index in [9.17, 15) is 8.42 Å². The molecule has 0 saturated carbocycles. The quantitative estimate of drug-likeness (QED) is 0.647. The molecule has 0 bridgehead atoms. The number of nitrogens with two attached hydrogens (primary N) is 1. The van der Waals surface area contributed by atoms with Crippen LogP contribution in [0.1, 0.15) is 0 Å². The number of hydrogen-bond donors (Lipinski definition) is 1. The molecular formula is C3H4N2NaO3S2. The minimum absolute atomic E-state index is 0. The first-order chi connectivity index (χ1) is 4.58. The Bertz CT molecular complexity index is 294. The molecule has 0 aliphatic carbocycles. The Kier molecular flexibility index (Phi) is 4.52. The van der Waals surface area contributed by atoms with E-state index in [2.05, 4.69) is 14.3 Å². The van der Waals surface area contributed by atoms with Gasteiger partial charge in [-0.25, -0.2) is 4.98 Å². The van der Waals surface area contributed by atoms with Crippen molar-refractivity contribution in [2.45, 2.75) is 0 Å². The molecule has 0 spiro atoms. The maximum absolute atomic E-state index is 10.2. The van der Waals surface area contributed by atoms with Crippen LogP contribution in [0.15, 0.2) is 11.6 Å². The van der Waals surface area contributed by atoms with E-state index in [4.69, 9.17) is 0 Å². The summed E-state index contributed by atoms with van der Waals surface area (Å²) in [4.78, 5) is 3.54. The third-order valence-corrected chi connectivity index (χ3v) is 1.74. The summed E-state index contributed by atoms with van der Waals surface area (Å²) >= 11 is 1.06. The first kappa shape index (κ1) is 11.3. The van der Waals surface area contributed by atoms with Gasteiger partial charge in [0.2, 0.25) is 0 Å². The molecule has 0 fully saturated rings. The topological polar surface area (TPSA) is 82.3 Å². The van der Waals surface area contributed by atoms with Gasteiger partial charge in [0.15, 0.2) is 0 Å². The van der Waals surface area contributed by atoms with E-state index in [1.165, 1.54) is 6.20 Å². The van der Waals surface area contributed by atoms with Crippen molar-refractivity contribution in [2.24, 2.45) is 5.14 Å². The van der Waals surface area contributed by atoms with Gasteiger partial charge in [-0.3, -0.25) is 0 Å². The fraction of sp³-hybridized carbons (Fsp3) is 0. The molecule has 0 atom stereocenters. The Morgan fingerprint density at radius 3 is 2.64 bits per heavy atom. The van der Waals surface area contributed by atoms with E-state index in [1.807, 2.05) is 0 Å². The first-order valence-electron chi connectivity index (χ1n) is 2.19. The molecule has 0 aliphatic rings. The van der Waals surface area contributed by atoms with Crippen LogP contribution in [0.4, 0.5) is 0 Å². The Balaban J connectivity index is 0.000001000. The summed E-state index contributed by atoms with van der Waals surface area (Å²) in [6.45, 7) is 0. The zero-order valence-corrected chi connectivity index (χ0v) is 9.35. The maximum Gasteiger partial charge on any atom is 0.382 e. The predicted octanol–water partition coefficient (Wildman–Crippen LogP) is -0.655. The van der Waals surface area contributed by atoms with Crippen molar-refractivity contribution in [1.82, 2.24) is 4.98 Å². The smallest absolute Gasteiger partial charge is 0.340 e. The Hall–Kier alpha value is 0.340. The Morgan fingerprint density at radius 2 is 2.27 bits per heavy atom. The molecule has 1 radical (unpaired) electrons. The molecular weight excluding hydrogens is 199 g/mol. The minimum Gasteiger partial charge on any atom is -0.340 e. The van der Waals surface area contributed by atoms with Crippen molar-refractivity contribution in [3.05, 3.63) is 11.6 Å². The van der Waals surface area contributed by atoms with Gasteiger partial charge in [0.25, 0.3) is 5.19 Å². The van der Waals surface area contributed by atoms with E-state index < -0.39 is 10.3 Å². The van der Waals surface area contributed by atoms with Crippen LogP contribution in [-0.2, 0) is 10.3 Å². The summed E-state index contributed by atoms with van der Waals surface area (Å²) in [5.74, 6) is 0. The van der Waals surface area contributed by atoms with Crippen LogP contribution < -0.4 is 9.32 Å². The van der Waals surface area contributed by atoms with Gasteiger partial charge in [0.05, 0.1) is 0 Å². The molecule has 0 aliphatic heterocycles. The van der Waals surface area contributed by atoms with Gasteiger partial charge in [0, 0.05) is 41.1 Å². The van der Waals surface area contributed by atoms with Crippen molar-refractivity contribution in [3.63, 3.8) is 0 Å². The molecule has 0 saturated heterocycles. The normalized spacial score (nSPS) is 10.3. The largest absolute Gasteiger partial charge is 0.382 e. The zero-order valence-electron chi connectivity index (χ0n) is 5.72. The summed E-state index contributed by atoms with van der Waals surface area (Å²) in [6, 6.07) is 0. The summed E-state index contributed by atoms with van der Waals surface area (Å²) in [5, 5.41) is 6.16. The first-order valence-corrected chi connectivity index (χ1v) is 4.55. The molecule has 11 heavy (non-hydrogen) atoms. The molecule has 0 unspecified atom stereocenters. The van der Waals surface area contributed by atoms with E-state index >= 15 is 0 Å². The standard InChI is InChI=1S/C3H4N2O3S2.Na/c4-10(6,7)8-3-5-1-2-9-3;/h1-2H,(H2,4,6,7);. The second-order valence-corrected chi connectivity index (χ2v) is 3.38. The number of hydrogen-bond acceptors (Lipinski definition) is 5. The molecule has 1 aromatic heterocycles. The van der Waals surface area contributed by atoms with Crippen molar-refractivity contribution >= 4 is 51.2 Å². The molecule has 0 amide bonds. The van der Waals surface area contributed by atoms with Gasteiger partial charge in [-0.15, -0.1) is 0 Å². The van der Waals surface area contributed by atoms with Crippen LogP contribution >= 0.6 is 11.3 Å². The fourth-order valence-corrected chi connectivity index (χ4v) is 1.39. The van der Waals surface area contributed by atoms with E-state index in [0.717, 1.165) is 11.3 Å². The minimum atomic E-state index is -3.90. The molecule has 1 rings (SSSR count). The van der Waals surface area contributed by atoms with Crippen molar-refractivity contribution in [2.75, 3.05) is 0 Å². The van der Waals surface area contributed by atoms with Crippen LogP contribution in [0, 0.1) is 0 Å². The Morgan fingerprint density at radius 1 is 1.64 bits per heavy atom. The fourth-order valence-electron chi connectivity index (χ4n) is 0.351. The summed E-state index contributed by atoms with van der Waals surface area (Å²) in [5.41, 5.74) is 0. The van der Waals surface area contributed by atoms with Crippen molar-refractivity contribution in [3.8, 4) is 5.19 Å². The average molecular weight is 203 g/mol. The van der Waals surface area contributed by atoms with Crippen LogP contribution in [0.25, 0.3) is 0 Å². The van der Waals surface area contributed by atoms with E-state index in [1.54, 1.807) is 5.38 Å². The Labute approximate surface area is 90.1 Å². The SMILES string of the molecule is NS(=O)(=O)Oc1nccs1.[Na]. The van der Waals surface area contributed by atoms with Crippen molar-refractivity contribution < 1.29 is 12.6 Å². The molecule has 8 heteroatoms. The van der Waals surface area contributed by atoms with E-state index in [0.29, 0.717) is 0 Å². The number of rotatable bonds is 2. The number of thiazole rings is 1. The zero-order chi connectivity index (χ0) is 7.61. The van der Waals surface area contributed by atoms with Crippen LogP contribution in [0.5, 0.6) is 5.19 Å². The average Bonchev–Trinajstić information content (AvgIpc) is 2.12. The van der Waals surface area contributed by atoms with Gasteiger partial charge < -0.3 is 4.18 Å². The summed E-state index contributed by atoms with van der Waals surface area (Å²) < 4.78 is 24.6. The van der Waals surface area contributed by atoms with Gasteiger partial charge in [-0.1, -0.05) is 11.3 Å². The number of aromatic nitrogens is 1. The van der Waals surface area contributed by atoms with E-state index in [-0.39, 0.29) is 34.8 Å². The second-order valence-electron chi connectivity index (χ2n) is 1.37. The van der Waals surface area contributed by atoms with Crippen molar-refractivity contribution in [1.29, 1.82) is 0 Å². The van der Waals surface area contributed by atoms with Gasteiger partial charge in [0.1, 0.15) is 0 Å². The van der Waals surface area contributed by atoms with Gasteiger partial charge >= 0.3 is 10.3 Å². The second kappa shape index (κ2) is 4.39. The third-order valence-electron chi connectivity index (χ3n) is 0.597. The van der Waals surface area contributed by atoms with Crippen LogP contribution in [0.3, 0.4) is 0 Å². The predicted molar refractivity (Wildman–Crippen MR) is 41.6 cm³/mol. The van der Waals surface area contributed by atoms with Crippen LogP contribution in [0.2, 0.25) is 0 Å². The number of nitrogens with zero attached hydrogens (tertiary/aromatic N) is 1. The third kappa shape index (κ3) is 4.72. The molecule has 1 aromatic rings. The van der Waals surface area contributed by atoms with Gasteiger partial charge in [-0.2, -0.15) is 13.6 Å². The monoisotopic (exact) mass is 203 g/mol. The molecule has 1 heterocycles. The molecule has 0 aromatic carbocycles. The molecule has 57 valence electrons. The summed E-state index contributed by atoms with van der Waals surface area (Å²) in [6.07, 6.45) is 1.42. The molecule has 5 nitrogen and oxygen atoms in total.